The number of nitrogens with zero attached hydrogens (tertiary/aromatic N) is 1. The number of aromatic nitrogens is 1. The van der Waals surface area contributed by atoms with Gasteiger partial charge in [0.1, 0.15) is 5.82 Å². The van der Waals surface area contributed by atoms with E-state index >= 15 is 0 Å². The van der Waals surface area contributed by atoms with E-state index in [1.54, 1.807) is 6.07 Å². The van der Waals surface area contributed by atoms with Crippen LogP contribution in [0, 0.1) is 5.92 Å². The topological polar surface area (TPSA) is 54.0 Å². The van der Waals surface area contributed by atoms with E-state index in [-0.39, 0.29) is 5.91 Å². The van der Waals surface area contributed by atoms with Crippen LogP contribution in [0.2, 0.25) is 5.02 Å². The van der Waals surface area contributed by atoms with Gasteiger partial charge in [-0.15, -0.1) is 0 Å². The van der Waals surface area contributed by atoms with Crippen LogP contribution in [-0.2, 0) is 0 Å². The van der Waals surface area contributed by atoms with Crippen LogP contribution in [0.3, 0.4) is 0 Å². The first kappa shape index (κ1) is 16.4. The smallest absolute Gasteiger partial charge is 0.252 e. The second kappa shape index (κ2) is 8.49. The number of pyridine rings is 1. The average molecular weight is 328 g/mol. The van der Waals surface area contributed by atoms with Gasteiger partial charge in [0, 0.05) is 19.3 Å². The second-order valence-electron chi connectivity index (χ2n) is 5.24. The van der Waals surface area contributed by atoms with Crippen molar-refractivity contribution in [2.24, 2.45) is 5.92 Å². The Morgan fingerprint density at radius 1 is 1.48 bits per heavy atom. The van der Waals surface area contributed by atoms with Crippen LogP contribution in [0.15, 0.2) is 12.3 Å². The number of amides is 1. The molecule has 0 aromatic carbocycles. The molecule has 21 heavy (non-hydrogen) atoms. The van der Waals surface area contributed by atoms with Gasteiger partial charge in [0.15, 0.2) is 0 Å². The van der Waals surface area contributed by atoms with Crippen molar-refractivity contribution in [3.63, 3.8) is 0 Å². The zero-order valence-corrected chi connectivity index (χ0v) is 13.9. The Balaban J connectivity index is 1.93. The fourth-order valence-electron chi connectivity index (χ4n) is 2.25. The minimum Gasteiger partial charge on any atom is -0.370 e. The first-order valence-corrected chi connectivity index (χ1v) is 8.99. The third kappa shape index (κ3) is 5.08. The van der Waals surface area contributed by atoms with Crippen molar-refractivity contribution in [3.05, 3.63) is 22.8 Å². The molecule has 2 heterocycles. The Morgan fingerprint density at radius 2 is 2.24 bits per heavy atom. The molecule has 0 bridgehead atoms. The summed E-state index contributed by atoms with van der Waals surface area (Å²) in [6, 6.07) is 1.73. The van der Waals surface area contributed by atoms with Gasteiger partial charge < -0.3 is 10.6 Å². The molecule has 1 amide bonds. The second-order valence-corrected chi connectivity index (χ2v) is 6.87. The Morgan fingerprint density at radius 3 is 2.95 bits per heavy atom. The lowest BCUT2D eigenvalue weighted by molar-refractivity contribution is 0.0946. The van der Waals surface area contributed by atoms with Gasteiger partial charge in [-0.2, -0.15) is 11.8 Å². The molecule has 6 heteroatoms. The summed E-state index contributed by atoms with van der Waals surface area (Å²) in [5.74, 6) is 3.57. The summed E-state index contributed by atoms with van der Waals surface area (Å²) < 4.78 is 0. The van der Waals surface area contributed by atoms with Crippen molar-refractivity contribution in [3.8, 4) is 0 Å². The predicted molar refractivity (Wildman–Crippen MR) is 90.4 cm³/mol. The number of carbonyl (C=O) groups excluding carboxylic acids is 1. The van der Waals surface area contributed by atoms with Crippen LogP contribution in [0.4, 0.5) is 5.82 Å². The first-order chi connectivity index (χ1) is 10.2. The van der Waals surface area contributed by atoms with Gasteiger partial charge in [-0.05, 0) is 42.8 Å². The lowest BCUT2D eigenvalue weighted by atomic mass is 10.0. The summed E-state index contributed by atoms with van der Waals surface area (Å²) in [6.45, 7) is 3.64. The Labute approximate surface area is 135 Å². The van der Waals surface area contributed by atoms with Crippen LogP contribution in [0.5, 0.6) is 0 Å². The largest absolute Gasteiger partial charge is 0.370 e. The SMILES string of the molecule is CCCNc1cc(C(=O)NCC2CCSCC2)c(Cl)cn1. The van der Waals surface area contributed by atoms with Crippen LogP contribution in [0.25, 0.3) is 0 Å². The standard InChI is InChI=1S/C15H22ClN3OS/c1-2-5-17-14-8-12(13(16)10-18-14)15(20)19-9-11-3-6-21-7-4-11/h8,10-11H,2-7,9H2,1H3,(H,17,18)(H,19,20). The van der Waals surface area contributed by atoms with E-state index in [0.29, 0.717) is 22.3 Å². The molecule has 2 N–H and O–H groups in total. The Kier molecular flexibility index (Phi) is 6.64. The number of rotatable bonds is 6. The van der Waals surface area contributed by atoms with Crippen molar-refractivity contribution >= 4 is 35.1 Å². The molecule has 1 aliphatic heterocycles. The van der Waals surface area contributed by atoms with Crippen LogP contribution >= 0.6 is 23.4 Å². The molecule has 1 aliphatic rings. The normalized spacial score (nSPS) is 15.7. The van der Waals surface area contributed by atoms with E-state index < -0.39 is 0 Å². The minimum absolute atomic E-state index is 0.111. The maximum Gasteiger partial charge on any atom is 0.252 e. The fourth-order valence-corrected chi connectivity index (χ4v) is 3.64. The lowest BCUT2D eigenvalue weighted by Crippen LogP contribution is -2.31. The molecule has 0 aliphatic carbocycles. The van der Waals surface area contributed by atoms with Crippen molar-refractivity contribution in [1.29, 1.82) is 0 Å². The van der Waals surface area contributed by atoms with Gasteiger partial charge in [-0.25, -0.2) is 4.98 Å². The number of carbonyl (C=O) groups is 1. The van der Waals surface area contributed by atoms with Gasteiger partial charge in [0.05, 0.1) is 10.6 Å². The van der Waals surface area contributed by atoms with Crippen molar-refractivity contribution in [2.45, 2.75) is 26.2 Å². The fraction of sp³-hybridized carbons (Fsp3) is 0.600. The van der Waals surface area contributed by atoms with Crippen molar-refractivity contribution < 1.29 is 4.79 Å². The third-order valence-corrected chi connectivity index (χ3v) is 4.90. The van der Waals surface area contributed by atoms with Crippen molar-refractivity contribution in [2.75, 3.05) is 29.9 Å². The Hall–Kier alpha value is -0.940. The van der Waals surface area contributed by atoms with E-state index in [1.165, 1.54) is 30.5 Å². The Bertz CT molecular complexity index is 478. The minimum atomic E-state index is -0.111. The zero-order valence-electron chi connectivity index (χ0n) is 12.3. The lowest BCUT2D eigenvalue weighted by Gasteiger charge is -2.21. The zero-order chi connectivity index (χ0) is 15.1. The molecule has 0 saturated carbocycles. The van der Waals surface area contributed by atoms with Gasteiger partial charge in [-0.1, -0.05) is 18.5 Å². The predicted octanol–water partition coefficient (Wildman–Crippen LogP) is 3.43. The highest BCUT2D eigenvalue weighted by Crippen LogP contribution is 2.22. The maximum atomic E-state index is 12.3. The number of thioether (sulfide) groups is 1. The van der Waals surface area contributed by atoms with Gasteiger partial charge >= 0.3 is 0 Å². The first-order valence-electron chi connectivity index (χ1n) is 7.46. The highest BCUT2D eigenvalue weighted by molar-refractivity contribution is 7.99. The summed E-state index contributed by atoms with van der Waals surface area (Å²) in [5, 5.41) is 6.57. The molecule has 0 atom stereocenters. The van der Waals surface area contributed by atoms with Gasteiger partial charge in [-0.3, -0.25) is 4.79 Å². The van der Waals surface area contributed by atoms with Crippen molar-refractivity contribution in [1.82, 2.24) is 10.3 Å². The molecule has 1 aromatic rings. The monoisotopic (exact) mass is 327 g/mol. The van der Waals surface area contributed by atoms with E-state index in [2.05, 4.69) is 22.5 Å². The molecule has 0 spiro atoms. The molecule has 116 valence electrons. The van der Waals surface area contributed by atoms with Crippen LogP contribution < -0.4 is 10.6 Å². The molecule has 4 nitrogen and oxygen atoms in total. The van der Waals surface area contributed by atoms with E-state index in [1.807, 2.05) is 11.8 Å². The number of nitrogens with one attached hydrogen (secondary N) is 2. The third-order valence-electron chi connectivity index (χ3n) is 3.55. The quantitative estimate of drug-likeness (QED) is 0.840. The summed E-state index contributed by atoms with van der Waals surface area (Å²) in [5.41, 5.74) is 0.496. The summed E-state index contributed by atoms with van der Waals surface area (Å²) >= 11 is 8.08. The van der Waals surface area contributed by atoms with E-state index in [4.69, 9.17) is 11.6 Å². The molecule has 2 rings (SSSR count). The number of hydrogen-bond donors (Lipinski definition) is 2. The number of halogens is 1. The van der Waals surface area contributed by atoms with Gasteiger partial charge in [0.25, 0.3) is 5.91 Å². The number of hydrogen-bond acceptors (Lipinski definition) is 4. The molecule has 1 saturated heterocycles. The summed E-state index contributed by atoms with van der Waals surface area (Å²) in [6.07, 6.45) is 4.90. The molecule has 0 unspecified atom stereocenters. The van der Waals surface area contributed by atoms with E-state index in [9.17, 15) is 4.79 Å². The van der Waals surface area contributed by atoms with E-state index in [0.717, 1.165) is 19.5 Å². The maximum absolute atomic E-state index is 12.3. The molecule has 1 aromatic heterocycles. The molecular weight excluding hydrogens is 306 g/mol. The van der Waals surface area contributed by atoms with Crippen LogP contribution in [-0.4, -0.2) is 35.5 Å². The number of anilines is 1. The van der Waals surface area contributed by atoms with Gasteiger partial charge in [0.2, 0.25) is 0 Å². The highest BCUT2D eigenvalue weighted by Gasteiger charge is 2.17. The molecule has 0 radical (unpaired) electrons. The summed E-state index contributed by atoms with van der Waals surface area (Å²) in [4.78, 5) is 16.5. The molecular formula is C15H22ClN3OS. The highest BCUT2D eigenvalue weighted by atomic mass is 35.5. The molecule has 1 fully saturated rings. The summed E-state index contributed by atoms with van der Waals surface area (Å²) in [7, 11) is 0. The average Bonchev–Trinajstić information content (AvgIpc) is 2.53. The van der Waals surface area contributed by atoms with Crippen LogP contribution in [0.1, 0.15) is 36.5 Å².